The van der Waals surface area contributed by atoms with Crippen molar-refractivity contribution in [3.63, 3.8) is 0 Å². The van der Waals surface area contributed by atoms with Gasteiger partial charge in [-0.15, -0.1) is 0 Å². The quantitative estimate of drug-likeness (QED) is 0.635. The van der Waals surface area contributed by atoms with Gasteiger partial charge in [-0.25, -0.2) is 0 Å². The largest absolute Gasteiger partial charge is 0.348 e. The van der Waals surface area contributed by atoms with Gasteiger partial charge >= 0.3 is 0 Å². The highest BCUT2D eigenvalue weighted by atomic mass is 16.2. The molecule has 0 fully saturated rings. The van der Waals surface area contributed by atoms with Crippen LogP contribution < -0.4 is 5.32 Å². The van der Waals surface area contributed by atoms with Crippen molar-refractivity contribution in [2.24, 2.45) is 5.92 Å². The van der Waals surface area contributed by atoms with Gasteiger partial charge in [0.2, 0.25) is 5.91 Å². The van der Waals surface area contributed by atoms with Gasteiger partial charge in [-0.2, -0.15) is 5.26 Å². The van der Waals surface area contributed by atoms with Gasteiger partial charge in [-0.3, -0.25) is 4.79 Å². The molecule has 0 rings (SSSR count). The molecule has 0 saturated carbocycles. The van der Waals surface area contributed by atoms with Gasteiger partial charge in [0.15, 0.2) is 0 Å². The number of nitriles is 1. The number of hydrogen-bond donors (Lipinski definition) is 1. The van der Waals surface area contributed by atoms with Gasteiger partial charge in [0.25, 0.3) is 0 Å². The highest BCUT2D eigenvalue weighted by molar-refractivity contribution is 5.77. The predicted molar refractivity (Wildman–Crippen MR) is 46.3 cm³/mol. The molecule has 4 nitrogen and oxygen atoms in total. The van der Waals surface area contributed by atoms with E-state index in [0.717, 1.165) is 0 Å². The highest BCUT2D eigenvalue weighted by Gasteiger charge is 2.03. The summed E-state index contributed by atoms with van der Waals surface area (Å²) < 4.78 is 0. The Bertz CT molecular complexity index is 183. The molecule has 0 heterocycles. The van der Waals surface area contributed by atoms with E-state index in [1.54, 1.807) is 14.1 Å². The molecule has 0 aromatic carbocycles. The molecule has 1 atom stereocenters. The minimum absolute atomic E-state index is 0.0279. The summed E-state index contributed by atoms with van der Waals surface area (Å²) >= 11 is 0. The van der Waals surface area contributed by atoms with Gasteiger partial charge in [0.1, 0.15) is 0 Å². The molecule has 0 spiro atoms. The van der Waals surface area contributed by atoms with Crippen molar-refractivity contribution in [2.75, 3.05) is 27.2 Å². The molecule has 0 aliphatic carbocycles. The molecule has 4 heteroatoms. The number of carbonyl (C=O) groups is 1. The number of nitrogens with one attached hydrogen (secondary N) is 1. The van der Waals surface area contributed by atoms with Crippen molar-refractivity contribution in [2.45, 2.75) is 6.92 Å². The Morgan fingerprint density at radius 1 is 1.67 bits per heavy atom. The van der Waals surface area contributed by atoms with Crippen LogP contribution in [0.4, 0.5) is 0 Å². The normalized spacial score (nSPS) is 11.8. The predicted octanol–water partition coefficient (Wildman–Crippen LogP) is -0.176. The average molecular weight is 169 g/mol. The zero-order chi connectivity index (χ0) is 9.56. The number of nitrogens with zero attached hydrogens (tertiary/aromatic N) is 2. The number of rotatable bonds is 4. The third-order valence-electron chi connectivity index (χ3n) is 1.45. The van der Waals surface area contributed by atoms with Gasteiger partial charge in [0, 0.05) is 20.6 Å². The third-order valence-corrected chi connectivity index (χ3v) is 1.45. The summed E-state index contributed by atoms with van der Waals surface area (Å²) in [4.78, 5) is 12.5. The SMILES string of the molecule is CC(C#N)CNCC(=O)N(C)C. The second kappa shape index (κ2) is 5.56. The lowest BCUT2D eigenvalue weighted by Crippen LogP contribution is -2.34. The molecule has 0 aromatic heterocycles. The molecule has 0 aliphatic heterocycles. The van der Waals surface area contributed by atoms with Gasteiger partial charge < -0.3 is 10.2 Å². The molecular weight excluding hydrogens is 154 g/mol. The first kappa shape index (κ1) is 10.9. The summed E-state index contributed by atoms with van der Waals surface area (Å²) in [6.07, 6.45) is 0. The van der Waals surface area contributed by atoms with E-state index < -0.39 is 0 Å². The fraction of sp³-hybridized carbons (Fsp3) is 0.750. The van der Waals surface area contributed by atoms with Gasteiger partial charge in [-0.05, 0) is 6.92 Å². The number of amides is 1. The van der Waals surface area contributed by atoms with Crippen LogP contribution >= 0.6 is 0 Å². The van der Waals surface area contributed by atoms with Crippen molar-refractivity contribution in [3.8, 4) is 6.07 Å². The molecule has 0 bridgehead atoms. The monoisotopic (exact) mass is 169 g/mol. The Morgan fingerprint density at radius 2 is 2.25 bits per heavy atom. The first-order valence-electron chi connectivity index (χ1n) is 3.88. The second-order valence-corrected chi connectivity index (χ2v) is 2.95. The van der Waals surface area contributed by atoms with Crippen LogP contribution in [0.5, 0.6) is 0 Å². The molecule has 12 heavy (non-hydrogen) atoms. The standard InChI is InChI=1S/C8H15N3O/c1-7(4-9)5-10-6-8(12)11(2)3/h7,10H,5-6H2,1-3H3. The fourth-order valence-electron chi connectivity index (χ4n) is 0.599. The van der Waals surface area contributed by atoms with Crippen molar-refractivity contribution in [1.29, 1.82) is 5.26 Å². The maximum absolute atomic E-state index is 11.0. The number of hydrogen-bond acceptors (Lipinski definition) is 3. The lowest BCUT2D eigenvalue weighted by Gasteiger charge is -2.11. The maximum atomic E-state index is 11.0. The Labute approximate surface area is 73.2 Å². The number of likely N-dealkylation sites (N-methyl/N-ethyl adjacent to an activating group) is 1. The fourth-order valence-corrected chi connectivity index (χ4v) is 0.599. The Balaban J connectivity index is 3.45. The average Bonchev–Trinajstić information content (AvgIpc) is 2.03. The summed E-state index contributed by atoms with van der Waals surface area (Å²) in [7, 11) is 3.41. The van der Waals surface area contributed by atoms with E-state index in [2.05, 4.69) is 11.4 Å². The summed E-state index contributed by atoms with van der Waals surface area (Å²) in [5.74, 6) is -0.0138. The van der Waals surface area contributed by atoms with Crippen LogP contribution in [0.15, 0.2) is 0 Å². The van der Waals surface area contributed by atoms with E-state index in [1.807, 2.05) is 6.92 Å². The zero-order valence-electron chi connectivity index (χ0n) is 7.79. The van der Waals surface area contributed by atoms with E-state index in [1.165, 1.54) is 4.90 Å². The van der Waals surface area contributed by atoms with Crippen LogP contribution in [0, 0.1) is 17.2 Å². The molecule has 1 unspecified atom stereocenters. The van der Waals surface area contributed by atoms with Crippen LogP contribution in [0.25, 0.3) is 0 Å². The maximum Gasteiger partial charge on any atom is 0.236 e. The van der Waals surface area contributed by atoms with E-state index >= 15 is 0 Å². The first-order valence-corrected chi connectivity index (χ1v) is 3.88. The summed E-state index contributed by atoms with van der Waals surface area (Å²) in [6.45, 7) is 2.68. The van der Waals surface area contributed by atoms with Crippen LogP contribution in [0.1, 0.15) is 6.92 Å². The lowest BCUT2D eigenvalue weighted by molar-refractivity contribution is -0.127. The summed E-state index contributed by atoms with van der Waals surface area (Å²) in [6, 6.07) is 2.08. The van der Waals surface area contributed by atoms with Crippen molar-refractivity contribution >= 4 is 5.91 Å². The van der Waals surface area contributed by atoms with Crippen molar-refractivity contribution < 1.29 is 4.79 Å². The molecule has 0 saturated heterocycles. The van der Waals surface area contributed by atoms with Crippen molar-refractivity contribution in [1.82, 2.24) is 10.2 Å². The highest BCUT2D eigenvalue weighted by Crippen LogP contribution is 1.87. The van der Waals surface area contributed by atoms with Crippen LogP contribution in [0.2, 0.25) is 0 Å². The van der Waals surface area contributed by atoms with Crippen LogP contribution in [-0.2, 0) is 4.79 Å². The molecular formula is C8H15N3O. The molecule has 68 valence electrons. The van der Waals surface area contributed by atoms with Gasteiger partial charge in [-0.1, -0.05) is 0 Å². The number of carbonyl (C=O) groups excluding carboxylic acids is 1. The van der Waals surface area contributed by atoms with E-state index in [4.69, 9.17) is 5.26 Å². The van der Waals surface area contributed by atoms with Crippen molar-refractivity contribution in [3.05, 3.63) is 0 Å². The van der Waals surface area contributed by atoms with Crippen LogP contribution in [0.3, 0.4) is 0 Å². The molecule has 0 aliphatic rings. The minimum Gasteiger partial charge on any atom is -0.348 e. The summed E-state index contributed by atoms with van der Waals surface area (Å²) in [5, 5.41) is 11.3. The van der Waals surface area contributed by atoms with E-state index in [9.17, 15) is 4.79 Å². The molecule has 1 N–H and O–H groups in total. The van der Waals surface area contributed by atoms with E-state index in [0.29, 0.717) is 13.1 Å². The first-order chi connectivity index (χ1) is 5.57. The Hall–Kier alpha value is -1.08. The Kier molecular flexibility index (Phi) is 5.06. The Morgan fingerprint density at radius 3 is 2.67 bits per heavy atom. The lowest BCUT2D eigenvalue weighted by atomic mass is 10.2. The molecule has 0 aromatic rings. The molecule has 0 radical (unpaired) electrons. The minimum atomic E-state index is -0.0417. The zero-order valence-corrected chi connectivity index (χ0v) is 7.79. The van der Waals surface area contributed by atoms with Crippen LogP contribution in [-0.4, -0.2) is 38.0 Å². The topological polar surface area (TPSA) is 56.1 Å². The smallest absolute Gasteiger partial charge is 0.236 e. The third kappa shape index (κ3) is 4.69. The second-order valence-electron chi connectivity index (χ2n) is 2.95. The molecule has 1 amide bonds. The van der Waals surface area contributed by atoms with E-state index in [-0.39, 0.29) is 11.8 Å². The summed E-state index contributed by atoms with van der Waals surface area (Å²) in [5.41, 5.74) is 0. The van der Waals surface area contributed by atoms with Gasteiger partial charge in [0.05, 0.1) is 18.5 Å².